The Bertz CT molecular complexity index is 817. The first-order valence-corrected chi connectivity index (χ1v) is 9.56. The zero-order chi connectivity index (χ0) is 18.0. The second kappa shape index (κ2) is 8.43. The summed E-state index contributed by atoms with van der Waals surface area (Å²) in [6, 6.07) is 15.8. The topological polar surface area (TPSA) is 63.4 Å². The van der Waals surface area contributed by atoms with Crippen molar-refractivity contribution < 1.29 is 17.2 Å². The van der Waals surface area contributed by atoms with Crippen LogP contribution in [0.4, 0.5) is 8.78 Å². The highest BCUT2D eigenvalue weighted by Crippen LogP contribution is 2.27. The molecule has 142 valence electrons. The van der Waals surface area contributed by atoms with Crippen LogP contribution in [0.2, 0.25) is 0 Å². The van der Waals surface area contributed by atoms with Gasteiger partial charge in [-0.25, -0.2) is 8.42 Å². The van der Waals surface area contributed by atoms with Crippen LogP contribution in [0.3, 0.4) is 0 Å². The van der Waals surface area contributed by atoms with Crippen LogP contribution in [0, 0.1) is 0 Å². The van der Waals surface area contributed by atoms with Gasteiger partial charge in [0.05, 0.1) is 4.90 Å². The molecule has 2 aromatic carbocycles. The summed E-state index contributed by atoms with van der Waals surface area (Å²) in [6.07, 6.45) is 0. The predicted molar refractivity (Wildman–Crippen MR) is 99.3 cm³/mol. The lowest BCUT2D eigenvalue weighted by atomic mass is 9.95. The second-order valence-electron chi connectivity index (χ2n) is 6.32. The van der Waals surface area contributed by atoms with Crippen LogP contribution in [0.5, 0.6) is 0 Å². The molecule has 0 aromatic heterocycles. The van der Waals surface area contributed by atoms with Crippen LogP contribution in [-0.4, -0.2) is 38.2 Å². The Labute approximate surface area is 158 Å². The Balaban J connectivity index is 0.00000243. The van der Waals surface area contributed by atoms with E-state index in [1.807, 2.05) is 18.2 Å². The van der Waals surface area contributed by atoms with Crippen LogP contribution in [0.25, 0.3) is 0 Å². The normalized spacial score (nSPS) is 20.9. The average molecular weight is 403 g/mol. The molecule has 0 aliphatic carbocycles. The fourth-order valence-electron chi connectivity index (χ4n) is 3.24. The summed E-state index contributed by atoms with van der Waals surface area (Å²) in [5.74, 6) is -3.15. The number of nitrogens with two attached hydrogens (primary N) is 1. The third kappa shape index (κ3) is 4.40. The summed E-state index contributed by atoms with van der Waals surface area (Å²) < 4.78 is 48.0. The van der Waals surface area contributed by atoms with Gasteiger partial charge in [0.25, 0.3) is 0 Å². The number of alkyl halides is 2. The minimum Gasteiger partial charge on any atom is -0.326 e. The standard InChI is InChI=1S/C18H20F2N2O2S.ClH/c19-18(20)25(23,24)15-8-6-13(7-9-15)10-22-11-16(17(21)12-22)14-4-2-1-3-5-14;/h1-9,16-18H,10-12,21H2;1H/t16-,17+;/m0./s1. The lowest BCUT2D eigenvalue weighted by Crippen LogP contribution is -2.28. The van der Waals surface area contributed by atoms with Gasteiger partial charge in [0.2, 0.25) is 9.84 Å². The molecular formula is C18H21ClF2N2O2S. The highest BCUT2D eigenvalue weighted by atomic mass is 35.5. The van der Waals surface area contributed by atoms with Gasteiger partial charge in [-0.3, -0.25) is 4.90 Å². The third-order valence-corrected chi connectivity index (χ3v) is 5.96. The number of sulfone groups is 1. The van der Waals surface area contributed by atoms with E-state index in [4.69, 9.17) is 5.73 Å². The Morgan fingerprint density at radius 1 is 1.04 bits per heavy atom. The summed E-state index contributed by atoms with van der Waals surface area (Å²) >= 11 is 0. The van der Waals surface area contributed by atoms with E-state index in [9.17, 15) is 17.2 Å². The zero-order valence-corrected chi connectivity index (χ0v) is 15.6. The molecule has 0 radical (unpaired) electrons. The van der Waals surface area contributed by atoms with Crippen molar-refractivity contribution in [3.63, 3.8) is 0 Å². The molecule has 8 heteroatoms. The number of halogens is 3. The van der Waals surface area contributed by atoms with Gasteiger partial charge in [0, 0.05) is 31.6 Å². The summed E-state index contributed by atoms with van der Waals surface area (Å²) in [5, 5.41) is 0. The third-order valence-electron chi connectivity index (χ3n) is 4.56. The minimum absolute atomic E-state index is 0. The van der Waals surface area contributed by atoms with Crippen molar-refractivity contribution >= 4 is 22.2 Å². The lowest BCUT2D eigenvalue weighted by molar-refractivity contribution is 0.234. The smallest absolute Gasteiger partial charge is 0.326 e. The van der Waals surface area contributed by atoms with Gasteiger partial charge < -0.3 is 5.73 Å². The highest BCUT2D eigenvalue weighted by Gasteiger charge is 2.31. The van der Waals surface area contributed by atoms with Gasteiger partial charge >= 0.3 is 5.76 Å². The van der Waals surface area contributed by atoms with Crippen molar-refractivity contribution in [2.45, 2.75) is 29.2 Å². The maximum atomic E-state index is 12.6. The van der Waals surface area contributed by atoms with E-state index in [2.05, 4.69) is 17.0 Å². The van der Waals surface area contributed by atoms with Crippen molar-refractivity contribution in [2.75, 3.05) is 13.1 Å². The molecule has 1 aliphatic heterocycles. The molecule has 2 aromatic rings. The molecule has 0 spiro atoms. The van der Waals surface area contributed by atoms with Crippen LogP contribution in [-0.2, 0) is 16.4 Å². The van der Waals surface area contributed by atoms with E-state index in [1.165, 1.54) is 17.7 Å². The van der Waals surface area contributed by atoms with Crippen LogP contribution < -0.4 is 5.73 Å². The van der Waals surface area contributed by atoms with Crippen LogP contribution >= 0.6 is 12.4 Å². The lowest BCUT2D eigenvalue weighted by Gasteiger charge is -2.16. The second-order valence-corrected chi connectivity index (χ2v) is 8.24. The molecule has 1 aliphatic rings. The van der Waals surface area contributed by atoms with E-state index >= 15 is 0 Å². The largest absolute Gasteiger partial charge is 0.341 e. The van der Waals surface area contributed by atoms with Gasteiger partial charge in [0.15, 0.2) is 0 Å². The van der Waals surface area contributed by atoms with Gasteiger partial charge in [-0.15, -0.1) is 12.4 Å². The molecule has 3 rings (SSSR count). The van der Waals surface area contributed by atoms with Gasteiger partial charge in [-0.1, -0.05) is 42.5 Å². The number of likely N-dealkylation sites (tertiary alicyclic amines) is 1. The summed E-state index contributed by atoms with van der Waals surface area (Å²) in [5.41, 5.74) is 8.34. The van der Waals surface area contributed by atoms with E-state index in [0.29, 0.717) is 6.54 Å². The molecule has 0 bridgehead atoms. The molecule has 1 heterocycles. The molecular weight excluding hydrogens is 382 g/mol. The molecule has 26 heavy (non-hydrogen) atoms. The van der Waals surface area contributed by atoms with Crippen molar-refractivity contribution in [3.8, 4) is 0 Å². The molecule has 2 atom stereocenters. The fourth-order valence-corrected chi connectivity index (χ4v) is 3.96. The fraction of sp³-hybridized carbons (Fsp3) is 0.333. The van der Waals surface area contributed by atoms with E-state index in [1.54, 1.807) is 12.1 Å². The van der Waals surface area contributed by atoms with Crippen molar-refractivity contribution in [2.24, 2.45) is 5.73 Å². The van der Waals surface area contributed by atoms with Crippen molar-refractivity contribution in [3.05, 3.63) is 65.7 Å². The Morgan fingerprint density at radius 3 is 2.23 bits per heavy atom. The molecule has 2 N–H and O–H groups in total. The van der Waals surface area contributed by atoms with Gasteiger partial charge in [0.1, 0.15) is 0 Å². The monoisotopic (exact) mass is 402 g/mol. The Kier molecular flexibility index (Phi) is 6.74. The first kappa shape index (κ1) is 20.8. The number of benzene rings is 2. The quantitative estimate of drug-likeness (QED) is 0.835. The summed E-state index contributed by atoms with van der Waals surface area (Å²) in [7, 11) is -4.54. The van der Waals surface area contributed by atoms with E-state index in [0.717, 1.165) is 18.7 Å². The Hall–Kier alpha value is -1.54. The number of hydrogen-bond donors (Lipinski definition) is 1. The van der Waals surface area contributed by atoms with Crippen LogP contribution in [0.1, 0.15) is 17.0 Å². The first-order valence-electron chi connectivity index (χ1n) is 8.02. The highest BCUT2D eigenvalue weighted by molar-refractivity contribution is 7.91. The number of nitrogens with zero attached hydrogens (tertiary/aromatic N) is 1. The molecule has 0 amide bonds. The Morgan fingerprint density at radius 2 is 1.65 bits per heavy atom. The maximum absolute atomic E-state index is 12.6. The summed E-state index contributed by atoms with van der Waals surface area (Å²) in [4.78, 5) is 1.84. The molecule has 1 fully saturated rings. The zero-order valence-electron chi connectivity index (χ0n) is 14.0. The van der Waals surface area contributed by atoms with E-state index < -0.39 is 15.6 Å². The minimum atomic E-state index is -4.54. The van der Waals surface area contributed by atoms with E-state index in [-0.39, 0.29) is 29.3 Å². The predicted octanol–water partition coefficient (Wildman–Crippen LogP) is 3.03. The SMILES string of the molecule is Cl.N[C@@H]1CN(Cc2ccc(S(=O)(=O)C(F)F)cc2)C[C@H]1c1ccccc1. The van der Waals surface area contributed by atoms with Crippen molar-refractivity contribution in [1.82, 2.24) is 4.90 Å². The first-order chi connectivity index (χ1) is 11.9. The molecule has 1 saturated heterocycles. The van der Waals surface area contributed by atoms with Crippen molar-refractivity contribution in [1.29, 1.82) is 0 Å². The maximum Gasteiger partial charge on any atom is 0.341 e. The molecule has 0 unspecified atom stereocenters. The van der Waals surface area contributed by atoms with Gasteiger partial charge in [-0.2, -0.15) is 8.78 Å². The number of hydrogen-bond acceptors (Lipinski definition) is 4. The molecule has 4 nitrogen and oxygen atoms in total. The number of rotatable bonds is 5. The average Bonchev–Trinajstić information content (AvgIpc) is 2.96. The molecule has 0 saturated carbocycles. The van der Waals surface area contributed by atoms with Gasteiger partial charge in [-0.05, 0) is 23.3 Å². The van der Waals surface area contributed by atoms with Crippen LogP contribution in [0.15, 0.2) is 59.5 Å². The summed E-state index contributed by atoms with van der Waals surface area (Å²) in [6.45, 7) is 2.14.